The van der Waals surface area contributed by atoms with Gasteiger partial charge in [0.15, 0.2) is 0 Å². The number of fused-ring (bicyclic) bond motifs is 6. The van der Waals surface area contributed by atoms with Gasteiger partial charge in [-0.3, -0.25) is 28.3 Å². The minimum absolute atomic E-state index is 0.230. The highest BCUT2D eigenvalue weighted by Crippen LogP contribution is 2.55. The van der Waals surface area contributed by atoms with Crippen LogP contribution < -0.4 is 22.2 Å². The topological polar surface area (TPSA) is 78.1 Å². The molecule has 0 N–H and O–H groups in total. The van der Waals surface area contributed by atoms with E-state index in [4.69, 9.17) is 0 Å². The summed E-state index contributed by atoms with van der Waals surface area (Å²) in [5.41, 5.74) is -0.929. The Balaban J connectivity index is 1.48. The lowest BCUT2D eigenvalue weighted by atomic mass is 9.79. The van der Waals surface area contributed by atoms with Crippen LogP contribution in [0.15, 0.2) is 66.3 Å². The zero-order valence-corrected chi connectivity index (χ0v) is 31.0. The number of aromatic nitrogens is 2. The van der Waals surface area contributed by atoms with Gasteiger partial charge in [-0.15, -0.1) is 22.7 Å². The highest BCUT2D eigenvalue weighted by molar-refractivity contribution is 7.19. The van der Waals surface area contributed by atoms with Gasteiger partial charge >= 0.3 is 0 Å². The third-order valence-electron chi connectivity index (χ3n) is 12.3. The number of nitrogens with zero attached hydrogens (tertiary/aromatic N) is 2. The molecule has 0 aliphatic carbocycles. The van der Waals surface area contributed by atoms with E-state index < -0.39 is 0 Å². The molecular formula is C44H34N2O4S2. The van der Waals surface area contributed by atoms with E-state index in [1.807, 2.05) is 38.1 Å². The molecule has 0 amide bonds. The number of hydrogen-bond acceptors (Lipinski definition) is 6. The number of hydrogen-bond donors (Lipinski definition) is 0. The Morgan fingerprint density at radius 3 is 1.17 bits per heavy atom. The summed E-state index contributed by atoms with van der Waals surface area (Å²) in [4.78, 5) is 58.5. The number of unbranched alkanes of at least 4 members (excludes halogenated alkanes) is 2. The quantitative estimate of drug-likeness (QED) is 0.116. The highest BCUT2D eigenvalue weighted by Gasteiger charge is 2.31. The summed E-state index contributed by atoms with van der Waals surface area (Å²) in [6, 6.07) is 11.9. The Hall–Kier alpha value is -4.92. The molecule has 0 saturated heterocycles. The summed E-state index contributed by atoms with van der Waals surface area (Å²) in [5, 5.41) is 19.8. The zero-order valence-electron chi connectivity index (χ0n) is 29.4. The van der Waals surface area contributed by atoms with E-state index in [1.165, 1.54) is 9.13 Å². The van der Waals surface area contributed by atoms with Crippen molar-refractivity contribution < 1.29 is 0 Å². The molecule has 0 saturated carbocycles. The van der Waals surface area contributed by atoms with Crippen molar-refractivity contribution in [2.24, 2.45) is 0 Å². The van der Waals surface area contributed by atoms with Gasteiger partial charge in [0.05, 0.1) is 0 Å². The second-order valence-corrected chi connectivity index (χ2v) is 17.0. The Morgan fingerprint density at radius 2 is 0.808 bits per heavy atom. The van der Waals surface area contributed by atoms with Crippen LogP contribution >= 0.6 is 22.7 Å². The molecule has 0 radical (unpaired) electrons. The predicted molar refractivity (Wildman–Crippen MR) is 223 cm³/mol. The maximum absolute atomic E-state index is 14.6. The molecule has 0 bridgehead atoms. The SMILES string of the molecule is CCCCC(C)n1c(=O)c2cc3c4ccsc4c4cc5c(=O)n(C(C)CCCC)c(=O)c6cc7c8ccsc8c8cc(c1=O)c2c1c3c4c(c65)c7c81. The van der Waals surface area contributed by atoms with Crippen molar-refractivity contribution in [1.82, 2.24) is 9.13 Å². The molecule has 0 spiro atoms. The molecule has 0 aliphatic heterocycles. The second-order valence-electron chi connectivity index (χ2n) is 15.2. The Labute approximate surface area is 303 Å². The molecule has 4 aromatic heterocycles. The highest BCUT2D eigenvalue weighted by atomic mass is 32.1. The van der Waals surface area contributed by atoms with E-state index in [2.05, 4.69) is 36.7 Å². The van der Waals surface area contributed by atoms with Gasteiger partial charge in [-0.05, 0) is 95.4 Å². The van der Waals surface area contributed by atoms with Crippen LogP contribution in [0.2, 0.25) is 0 Å². The summed E-state index contributed by atoms with van der Waals surface area (Å²) >= 11 is 3.28. The van der Waals surface area contributed by atoms with Crippen LogP contribution in [0.3, 0.4) is 0 Å². The van der Waals surface area contributed by atoms with Crippen LogP contribution in [0.1, 0.15) is 78.3 Å². The van der Waals surface area contributed by atoms with Gasteiger partial charge in [-0.2, -0.15) is 0 Å². The molecule has 2 unspecified atom stereocenters. The van der Waals surface area contributed by atoms with Crippen LogP contribution in [0, 0.1) is 0 Å². The summed E-state index contributed by atoms with van der Waals surface area (Å²) in [5.74, 6) is 0. The fourth-order valence-corrected chi connectivity index (χ4v) is 11.9. The maximum Gasteiger partial charge on any atom is 0.261 e. The molecule has 6 nitrogen and oxygen atoms in total. The second kappa shape index (κ2) is 10.4. The molecule has 7 aromatic carbocycles. The summed E-state index contributed by atoms with van der Waals surface area (Å²) in [6.45, 7) is 8.24. The van der Waals surface area contributed by atoms with E-state index in [0.29, 0.717) is 21.5 Å². The Morgan fingerprint density at radius 1 is 0.462 bits per heavy atom. The van der Waals surface area contributed by atoms with Crippen molar-refractivity contribution in [2.75, 3.05) is 0 Å². The van der Waals surface area contributed by atoms with Crippen molar-refractivity contribution in [3.05, 3.63) is 88.6 Å². The van der Waals surface area contributed by atoms with Gasteiger partial charge in [-0.25, -0.2) is 0 Å². The molecule has 11 rings (SSSR count). The van der Waals surface area contributed by atoms with Crippen LogP contribution in [0.4, 0.5) is 0 Å². The van der Waals surface area contributed by atoms with Gasteiger partial charge in [0, 0.05) is 96.9 Å². The first kappa shape index (κ1) is 30.7. The third-order valence-corrected chi connectivity index (χ3v) is 14.2. The van der Waals surface area contributed by atoms with E-state index in [1.54, 1.807) is 22.7 Å². The lowest BCUT2D eigenvalue weighted by molar-refractivity contribution is 0.466. The van der Waals surface area contributed by atoms with Crippen LogP contribution in [0.5, 0.6) is 0 Å². The normalized spacial score (nSPS) is 14.4. The smallest absolute Gasteiger partial charge is 0.261 e. The molecule has 4 heterocycles. The number of thiophene rings is 2. The van der Waals surface area contributed by atoms with Gasteiger partial charge in [0.25, 0.3) is 22.2 Å². The predicted octanol–water partition coefficient (Wildman–Crippen LogP) is 11.1. The molecule has 11 aromatic rings. The van der Waals surface area contributed by atoms with E-state index in [-0.39, 0.29) is 34.3 Å². The Bertz CT molecular complexity index is 3080. The number of benzene rings is 7. The Kier molecular flexibility index (Phi) is 6.11. The maximum atomic E-state index is 14.6. The number of pyridine rings is 2. The summed E-state index contributed by atoms with van der Waals surface area (Å²) in [7, 11) is 0. The molecule has 52 heavy (non-hydrogen) atoms. The zero-order chi connectivity index (χ0) is 35.5. The van der Waals surface area contributed by atoms with Crippen molar-refractivity contribution >= 4 is 129 Å². The van der Waals surface area contributed by atoms with Crippen molar-refractivity contribution in [3.8, 4) is 0 Å². The standard InChI is InChI=1S/C44H34N2O4S2/c1-5-7-9-19(3)45-41(47)27-15-23-21-11-13-52-40(21)26-18-30-32-28(42(48)46(44(30)50)20(4)10-8-6-2)16-24-22-12-14-51-39(22)25-17-29(43(45)49)31(27)37-33(23)36(26)38(32)34(24)35(25)37/h11-20H,5-10H2,1-4H3. The van der Waals surface area contributed by atoms with Gasteiger partial charge in [0.1, 0.15) is 0 Å². The van der Waals surface area contributed by atoms with Crippen LogP contribution in [0.25, 0.3) is 106 Å². The van der Waals surface area contributed by atoms with E-state index in [9.17, 15) is 19.2 Å². The first-order valence-electron chi connectivity index (χ1n) is 18.5. The average molecular weight is 719 g/mol. The van der Waals surface area contributed by atoms with Crippen LogP contribution in [-0.4, -0.2) is 9.13 Å². The van der Waals surface area contributed by atoms with E-state index >= 15 is 0 Å². The third kappa shape index (κ3) is 3.46. The van der Waals surface area contributed by atoms with Crippen LogP contribution in [-0.2, 0) is 0 Å². The first-order chi connectivity index (χ1) is 25.3. The lowest BCUT2D eigenvalue weighted by Gasteiger charge is -2.25. The first-order valence-corrected chi connectivity index (χ1v) is 20.3. The lowest BCUT2D eigenvalue weighted by Crippen LogP contribution is -2.36. The van der Waals surface area contributed by atoms with Gasteiger partial charge in [-0.1, -0.05) is 39.5 Å². The van der Waals surface area contributed by atoms with Crippen molar-refractivity contribution in [2.45, 2.75) is 78.3 Å². The monoisotopic (exact) mass is 718 g/mol. The fraction of sp³-hybridized carbons (Fsp3) is 0.273. The minimum Gasteiger partial charge on any atom is -0.272 e. The molecule has 0 aliphatic rings. The van der Waals surface area contributed by atoms with Gasteiger partial charge in [0.2, 0.25) is 0 Å². The molecule has 2 atom stereocenters. The fourth-order valence-electron chi connectivity index (χ4n) is 9.99. The minimum atomic E-state index is -0.233. The summed E-state index contributed by atoms with van der Waals surface area (Å²) in [6.07, 6.45) is 5.35. The molecule has 0 fully saturated rings. The molecule has 256 valence electrons. The van der Waals surface area contributed by atoms with Gasteiger partial charge < -0.3 is 0 Å². The average Bonchev–Trinajstić information content (AvgIpc) is 3.85. The largest absolute Gasteiger partial charge is 0.272 e. The van der Waals surface area contributed by atoms with Crippen molar-refractivity contribution in [3.63, 3.8) is 0 Å². The number of rotatable bonds is 8. The molecule has 8 heteroatoms. The van der Waals surface area contributed by atoms with E-state index in [0.717, 1.165) is 123 Å². The summed E-state index contributed by atoms with van der Waals surface area (Å²) < 4.78 is 5.13. The van der Waals surface area contributed by atoms with Crippen molar-refractivity contribution in [1.29, 1.82) is 0 Å². The molecular weight excluding hydrogens is 685 g/mol.